The predicted molar refractivity (Wildman–Crippen MR) is 91.5 cm³/mol. The molecule has 1 aromatic carbocycles. The lowest BCUT2D eigenvalue weighted by molar-refractivity contribution is 0.197. The zero-order valence-corrected chi connectivity index (χ0v) is 13.8. The lowest BCUT2D eigenvalue weighted by Gasteiger charge is -2.28. The van der Waals surface area contributed by atoms with Crippen molar-refractivity contribution < 1.29 is 5.11 Å². The Morgan fingerprint density at radius 1 is 1.22 bits per heavy atom. The van der Waals surface area contributed by atoms with E-state index in [9.17, 15) is 9.90 Å². The van der Waals surface area contributed by atoms with Crippen LogP contribution in [0.15, 0.2) is 47.4 Å². The molecule has 0 radical (unpaired) electrons. The first kappa shape index (κ1) is 15.8. The van der Waals surface area contributed by atoms with Crippen molar-refractivity contribution in [2.45, 2.75) is 51.9 Å². The van der Waals surface area contributed by atoms with Crippen LogP contribution in [-0.2, 0) is 13.1 Å². The Balaban J connectivity index is 1.85. The molecule has 0 aliphatic heterocycles. The number of rotatable bonds is 6. The van der Waals surface area contributed by atoms with Gasteiger partial charge in [-0.1, -0.05) is 30.3 Å². The maximum absolute atomic E-state index is 11.9. The van der Waals surface area contributed by atoms with Gasteiger partial charge in [0.25, 0.3) is 0 Å². The topological polar surface area (TPSA) is 45.5 Å². The number of hydrogen-bond donors (Lipinski definition) is 1. The van der Waals surface area contributed by atoms with Gasteiger partial charge in [0.1, 0.15) is 0 Å². The van der Waals surface area contributed by atoms with Crippen molar-refractivity contribution >= 4 is 0 Å². The minimum atomic E-state index is -0.291. The van der Waals surface area contributed by atoms with Crippen molar-refractivity contribution in [3.63, 3.8) is 0 Å². The van der Waals surface area contributed by atoms with E-state index in [0.29, 0.717) is 18.6 Å². The molecule has 3 rings (SSSR count). The smallest absolute Gasteiger partial charge is 0.223 e. The SMILES string of the molecule is CC(C)N(Cc1ccccc1)Cc1cc(=O)c(O)cn1C1CC1. The van der Waals surface area contributed by atoms with E-state index in [1.165, 1.54) is 5.56 Å². The summed E-state index contributed by atoms with van der Waals surface area (Å²) in [5.74, 6) is -0.153. The Hall–Kier alpha value is -2.07. The lowest BCUT2D eigenvalue weighted by Crippen LogP contribution is -2.31. The second-order valence-electron chi connectivity index (χ2n) is 6.64. The first-order chi connectivity index (χ1) is 11.0. The van der Waals surface area contributed by atoms with E-state index in [4.69, 9.17) is 0 Å². The van der Waals surface area contributed by atoms with E-state index >= 15 is 0 Å². The van der Waals surface area contributed by atoms with Crippen LogP contribution in [0.5, 0.6) is 5.75 Å². The van der Waals surface area contributed by atoms with E-state index in [-0.39, 0.29) is 11.2 Å². The van der Waals surface area contributed by atoms with Crippen LogP contribution in [0.25, 0.3) is 0 Å². The van der Waals surface area contributed by atoms with Gasteiger partial charge in [0, 0.05) is 36.9 Å². The summed E-state index contributed by atoms with van der Waals surface area (Å²) in [6, 6.07) is 12.8. The highest BCUT2D eigenvalue weighted by molar-refractivity contribution is 5.22. The summed E-state index contributed by atoms with van der Waals surface area (Å²) in [6.07, 6.45) is 3.85. The maximum atomic E-state index is 11.9. The second-order valence-corrected chi connectivity index (χ2v) is 6.64. The Bertz CT molecular complexity index is 718. The Morgan fingerprint density at radius 2 is 1.91 bits per heavy atom. The van der Waals surface area contributed by atoms with Gasteiger partial charge in [-0.15, -0.1) is 0 Å². The van der Waals surface area contributed by atoms with Crippen LogP contribution in [0.1, 0.15) is 44.0 Å². The fraction of sp³-hybridized carbons (Fsp3) is 0.421. The summed E-state index contributed by atoms with van der Waals surface area (Å²) in [6.45, 7) is 5.89. The molecular formula is C19H24N2O2. The molecule has 0 spiro atoms. The van der Waals surface area contributed by atoms with Crippen molar-refractivity contribution in [2.24, 2.45) is 0 Å². The first-order valence-corrected chi connectivity index (χ1v) is 8.26. The van der Waals surface area contributed by atoms with Crippen LogP contribution in [0.2, 0.25) is 0 Å². The number of aromatic hydroxyl groups is 1. The average Bonchev–Trinajstić information content (AvgIpc) is 3.35. The van der Waals surface area contributed by atoms with E-state index in [1.54, 1.807) is 12.3 Å². The monoisotopic (exact) mass is 312 g/mol. The standard InChI is InChI=1S/C19H24N2O2/c1-14(2)20(11-15-6-4-3-5-7-15)12-17-10-18(22)19(23)13-21(17)16-8-9-16/h3-7,10,13-14,16,23H,8-9,11-12H2,1-2H3. The molecule has 1 heterocycles. The van der Waals surface area contributed by atoms with Crippen LogP contribution in [0.3, 0.4) is 0 Å². The predicted octanol–water partition coefficient (Wildman–Crippen LogP) is 3.30. The first-order valence-electron chi connectivity index (χ1n) is 8.26. The molecule has 0 bridgehead atoms. The molecule has 0 saturated heterocycles. The largest absolute Gasteiger partial charge is 0.503 e. The third kappa shape index (κ3) is 3.82. The van der Waals surface area contributed by atoms with Gasteiger partial charge in [-0.25, -0.2) is 0 Å². The van der Waals surface area contributed by atoms with Gasteiger partial charge in [0.2, 0.25) is 5.43 Å². The van der Waals surface area contributed by atoms with Crippen LogP contribution >= 0.6 is 0 Å². The molecular weight excluding hydrogens is 288 g/mol. The highest BCUT2D eigenvalue weighted by atomic mass is 16.3. The fourth-order valence-corrected chi connectivity index (χ4v) is 2.85. The zero-order valence-electron chi connectivity index (χ0n) is 13.8. The Labute approximate surface area is 137 Å². The Morgan fingerprint density at radius 3 is 2.52 bits per heavy atom. The average molecular weight is 312 g/mol. The summed E-state index contributed by atoms with van der Waals surface area (Å²) in [5.41, 5.74) is 1.96. The van der Waals surface area contributed by atoms with Gasteiger partial charge >= 0.3 is 0 Å². The summed E-state index contributed by atoms with van der Waals surface area (Å²) >= 11 is 0. The molecule has 4 nitrogen and oxygen atoms in total. The van der Waals surface area contributed by atoms with Gasteiger partial charge in [-0.3, -0.25) is 9.69 Å². The molecule has 1 N–H and O–H groups in total. The molecule has 1 saturated carbocycles. The van der Waals surface area contributed by atoms with Crippen molar-refractivity contribution in [1.82, 2.24) is 9.47 Å². The van der Waals surface area contributed by atoms with Crippen LogP contribution < -0.4 is 5.43 Å². The second kappa shape index (κ2) is 6.59. The normalized spacial score (nSPS) is 14.6. The highest BCUT2D eigenvalue weighted by Crippen LogP contribution is 2.36. The summed E-state index contributed by atoms with van der Waals surface area (Å²) < 4.78 is 2.08. The fourth-order valence-electron chi connectivity index (χ4n) is 2.85. The maximum Gasteiger partial charge on any atom is 0.223 e. The van der Waals surface area contributed by atoms with E-state index in [0.717, 1.165) is 25.1 Å². The summed E-state index contributed by atoms with van der Waals surface area (Å²) in [4.78, 5) is 14.2. The van der Waals surface area contributed by atoms with Crippen LogP contribution in [0.4, 0.5) is 0 Å². The Kier molecular flexibility index (Phi) is 4.53. The molecule has 1 fully saturated rings. The molecule has 0 unspecified atom stereocenters. The summed E-state index contributed by atoms with van der Waals surface area (Å²) in [5, 5.41) is 9.73. The summed E-state index contributed by atoms with van der Waals surface area (Å²) in [7, 11) is 0. The van der Waals surface area contributed by atoms with Crippen LogP contribution in [0, 0.1) is 0 Å². The van der Waals surface area contributed by atoms with Crippen molar-refractivity contribution in [3.8, 4) is 5.75 Å². The molecule has 1 aliphatic rings. The third-order valence-corrected chi connectivity index (χ3v) is 4.41. The third-order valence-electron chi connectivity index (χ3n) is 4.41. The minimum absolute atomic E-state index is 0.153. The number of pyridine rings is 1. The van der Waals surface area contributed by atoms with Crippen molar-refractivity contribution in [2.75, 3.05) is 0 Å². The minimum Gasteiger partial charge on any atom is -0.503 e. The van der Waals surface area contributed by atoms with Crippen molar-refractivity contribution in [3.05, 3.63) is 64.1 Å². The van der Waals surface area contributed by atoms with Gasteiger partial charge in [0.05, 0.1) is 6.20 Å². The molecule has 23 heavy (non-hydrogen) atoms. The van der Waals surface area contributed by atoms with Gasteiger partial charge in [-0.2, -0.15) is 0 Å². The highest BCUT2D eigenvalue weighted by Gasteiger charge is 2.26. The zero-order chi connectivity index (χ0) is 16.4. The number of aromatic nitrogens is 1. The molecule has 0 atom stereocenters. The van der Waals surface area contributed by atoms with Gasteiger partial charge in [-0.05, 0) is 32.3 Å². The number of nitrogens with zero attached hydrogens (tertiary/aromatic N) is 2. The van der Waals surface area contributed by atoms with Crippen molar-refractivity contribution in [1.29, 1.82) is 0 Å². The van der Waals surface area contributed by atoms with Gasteiger partial charge in [0.15, 0.2) is 5.75 Å². The lowest BCUT2D eigenvalue weighted by atomic mass is 10.1. The molecule has 1 aliphatic carbocycles. The molecule has 4 heteroatoms. The van der Waals surface area contributed by atoms with E-state index in [2.05, 4.69) is 47.6 Å². The molecule has 1 aromatic heterocycles. The van der Waals surface area contributed by atoms with Gasteiger partial charge < -0.3 is 9.67 Å². The molecule has 0 amide bonds. The molecule has 2 aromatic rings. The number of hydrogen-bond acceptors (Lipinski definition) is 3. The van der Waals surface area contributed by atoms with Crippen LogP contribution in [-0.4, -0.2) is 20.6 Å². The molecule has 122 valence electrons. The number of benzene rings is 1. The quantitative estimate of drug-likeness (QED) is 0.890. The van der Waals surface area contributed by atoms with E-state index < -0.39 is 0 Å². The van der Waals surface area contributed by atoms with E-state index in [1.807, 2.05) is 6.07 Å².